The molecule has 21 heavy (non-hydrogen) atoms. The molecule has 3 rings (SSSR count). The normalized spacial score (nSPS) is 15.7. The van der Waals surface area contributed by atoms with Crippen LogP contribution in [-0.4, -0.2) is 22.1 Å². The van der Waals surface area contributed by atoms with Gasteiger partial charge in [-0.2, -0.15) is 5.10 Å². The van der Waals surface area contributed by atoms with Crippen LogP contribution in [0, 0.1) is 0 Å². The summed E-state index contributed by atoms with van der Waals surface area (Å²) >= 11 is 0. The Kier molecular flexibility index (Phi) is 4.04. The molecule has 0 aliphatic heterocycles. The molecule has 1 aliphatic carbocycles. The van der Waals surface area contributed by atoms with Gasteiger partial charge in [0.1, 0.15) is 5.69 Å². The molecule has 1 saturated carbocycles. The standard InChI is InChI=1S/C17H21N3O/c1-12(7-8-13-5-3-2-4-6-13)18-17(21)16-11-15(19-20-16)14-9-10-14/h2-6,11-12,14H,7-10H2,1H3,(H,18,21)(H,19,20). The second-order valence-electron chi connectivity index (χ2n) is 5.88. The lowest BCUT2D eigenvalue weighted by Crippen LogP contribution is -2.33. The van der Waals surface area contributed by atoms with Crippen LogP contribution < -0.4 is 5.32 Å². The van der Waals surface area contributed by atoms with Gasteiger partial charge in [-0.05, 0) is 44.2 Å². The Labute approximate surface area is 125 Å². The first kappa shape index (κ1) is 13.9. The van der Waals surface area contributed by atoms with Gasteiger partial charge in [-0.1, -0.05) is 30.3 Å². The van der Waals surface area contributed by atoms with Crippen molar-refractivity contribution in [2.75, 3.05) is 0 Å². The highest BCUT2D eigenvalue weighted by Gasteiger charge is 2.26. The van der Waals surface area contributed by atoms with Crippen LogP contribution in [0.5, 0.6) is 0 Å². The van der Waals surface area contributed by atoms with Crippen LogP contribution in [-0.2, 0) is 6.42 Å². The van der Waals surface area contributed by atoms with Crippen LogP contribution in [0.1, 0.15) is 53.8 Å². The van der Waals surface area contributed by atoms with Crippen LogP contribution in [0.3, 0.4) is 0 Å². The minimum Gasteiger partial charge on any atom is -0.348 e. The first-order valence-corrected chi connectivity index (χ1v) is 7.62. The number of aryl methyl sites for hydroxylation is 1. The maximum absolute atomic E-state index is 12.1. The minimum absolute atomic E-state index is 0.0845. The molecule has 1 aliphatic rings. The van der Waals surface area contributed by atoms with Crippen molar-refractivity contribution in [1.29, 1.82) is 0 Å². The summed E-state index contributed by atoms with van der Waals surface area (Å²) in [7, 11) is 0. The number of carbonyl (C=O) groups excluding carboxylic acids is 1. The summed E-state index contributed by atoms with van der Waals surface area (Å²) in [6.07, 6.45) is 4.30. The van der Waals surface area contributed by atoms with Crippen molar-refractivity contribution in [2.24, 2.45) is 0 Å². The van der Waals surface area contributed by atoms with Crippen LogP contribution in [0.2, 0.25) is 0 Å². The van der Waals surface area contributed by atoms with E-state index in [1.165, 1.54) is 18.4 Å². The molecular weight excluding hydrogens is 262 g/mol. The van der Waals surface area contributed by atoms with Crippen molar-refractivity contribution in [3.63, 3.8) is 0 Å². The van der Waals surface area contributed by atoms with Crippen LogP contribution in [0.25, 0.3) is 0 Å². The summed E-state index contributed by atoms with van der Waals surface area (Å²) in [5.74, 6) is 0.508. The van der Waals surface area contributed by atoms with Gasteiger partial charge in [0, 0.05) is 17.7 Å². The molecule has 2 aromatic rings. The van der Waals surface area contributed by atoms with E-state index in [0.29, 0.717) is 11.6 Å². The number of aromatic amines is 1. The quantitative estimate of drug-likeness (QED) is 0.856. The van der Waals surface area contributed by atoms with Crippen molar-refractivity contribution in [3.05, 3.63) is 53.3 Å². The molecule has 1 aromatic heterocycles. The number of nitrogens with one attached hydrogen (secondary N) is 2. The van der Waals surface area contributed by atoms with E-state index in [-0.39, 0.29) is 11.9 Å². The maximum Gasteiger partial charge on any atom is 0.271 e. The summed E-state index contributed by atoms with van der Waals surface area (Å²) in [4.78, 5) is 12.1. The Morgan fingerprint density at radius 1 is 1.38 bits per heavy atom. The average Bonchev–Trinajstić information content (AvgIpc) is 3.23. The Bertz CT molecular complexity index is 602. The van der Waals surface area contributed by atoms with E-state index in [2.05, 4.69) is 27.6 Å². The van der Waals surface area contributed by atoms with Gasteiger partial charge >= 0.3 is 0 Å². The van der Waals surface area contributed by atoms with Crippen molar-refractivity contribution in [2.45, 2.75) is 44.6 Å². The number of amides is 1. The van der Waals surface area contributed by atoms with Gasteiger partial charge in [-0.3, -0.25) is 9.89 Å². The van der Waals surface area contributed by atoms with Gasteiger partial charge in [-0.25, -0.2) is 0 Å². The topological polar surface area (TPSA) is 57.8 Å². The third kappa shape index (κ3) is 3.72. The molecule has 0 radical (unpaired) electrons. The molecule has 1 unspecified atom stereocenters. The second kappa shape index (κ2) is 6.12. The molecule has 110 valence electrons. The van der Waals surface area contributed by atoms with E-state index in [4.69, 9.17) is 0 Å². The third-order valence-corrected chi connectivity index (χ3v) is 3.93. The first-order chi connectivity index (χ1) is 10.2. The fourth-order valence-corrected chi connectivity index (χ4v) is 2.45. The Morgan fingerprint density at radius 3 is 2.86 bits per heavy atom. The maximum atomic E-state index is 12.1. The average molecular weight is 283 g/mol. The van der Waals surface area contributed by atoms with E-state index in [0.717, 1.165) is 18.5 Å². The fraction of sp³-hybridized carbons (Fsp3) is 0.412. The largest absolute Gasteiger partial charge is 0.348 e. The number of aromatic nitrogens is 2. The van der Waals surface area contributed by atoms with Crippen LogP contribution >= 0.6 is 0 Å². The van der Waals surface area contributed by atoms with E-state index in [1.54, 1.807) is 0 Å². The van der Waals surface area contributed by atoms with Crippen molar-refractivity contribution >= 4 is 5.91 Å². The summed E-state index contributed by atoms with van der Waals surface area (Å²) in [5, 5.41) is 10.1. The summed E-state index contributed by atoms with van der Waals surface area (Å²) < 4.78 is 0. The zero-order chi connectivity index (χ0) is 14.7. The highest BCUT2D eigenvalue weighted by Crippen LogP contribution is 2.38. The van der Waals surface area contributed by atoms with Crippen molar-refractivity contribution < 1.29 is 4.79 Å². The lowest BCUT2D eigenvalue weighted by Gasteiger charge is -2.12. The summed E-state index contributed by atoms with van der Waals surface area (Å²) in [5.41, 5.74) is 2.90. The molecule has 4 heteroatoms. The molecule has 1 fully saturated rings. The Hall–Kier alpha value is -2.10. The zero-order valence-electron chi connectivity index (χ0n) is 12.3. The predicted octanol–water partition coefficient (Wildman–Crippen LogP) is 3.04. The number of carbonyl (C=O) groups is 1. The smallest absolute Gasteiger partial charge is 0.271 e. The fourth-order valence-electron chi connectivity index (χ4n) is 2.45. The molecule has 0 bridgehead atoms. The van der Waals surface area contributed by atoms with Crippen LogP contribution in [0.4, 0.5) is 0 Å². The number of nitrogens with zero attached hydrogens (tertiary/aromatic N) is 1. The minimum atomic E-state index is -0.0845. The molecule has 1 amide bonds. The molecular formula is C17H21N3O. The first-order valence-electron chi connectivity index (χ1n) is 7.62. The molecule has 1 aromatic carbocycles. The Balaban J connectivity index is 1.49. The molecule has 4 nitrogen and oxygen atoms in total. The molecule has 0 saturated heterocycles. The number of benzene rings is 1. The van der Waals surface area contributed by atoms with Gasteiger partial charge < -0.3 is 5.32 Å². The van der Waals surface area contributed by atoms with Crippen molar-refractivity contribution in [1.82, 2.24) is 15.5 Å². The SMILES string of the molecule is CC(CCc1ccccc1)NC(=O)c1cc(C2CC2)[nH]n1. The predicted molar refractivity (Wildman–Crippen MR) is 82.3 cm³/mol. The Morgan fingerprint density at radius 2 is 2.14 bits per heavy atom. The second-order valence-corrected chi connectivity index (χ2v) is 5.88. The number of hydrogen-bond donors (Lipinski definition) is 2. The van der Waals surface area contributed by atoms with Gasteiger partial charge in [-0.15, -0.1) is 0 Å². The monoisotopic (exact) mass is 283 g/mol. The number of hydrogen-bond acceptors (Lipinski definition) is 2. The van der Waals surface area contributed by atoms with E-state index in [1.807, 2.05) is 31.2 Å². The van der Waals surface area contributed by atoms with Gasteiger partial charge in [0.25, 0.3) is 5.91 Å². The number of rotatable bonds is 6. The lowest BCUT2D eigenvalue weighted by atomic mass is 10.1. The third-order valence-electron chi connectivity index (χ3n) is 3.93. The summed E-state index contributed by atoms with van der Waals surface area (Å²) in [6, 6.07) is 12.4. The van der Waals surface area contributed by atoms with Crippen LogP contribution in [0.15, 0.2) is 36.4 Å². The van der Waals surface area contributed by atoms with E-state index >= 15 is 0 Å². The van der Waals surface area contributed by atoms with Crippen molar-refractivity contribution in [3.8, 4) is 0 Å². The highest BCUT2D eigenvalue weighted by molar-refractivity contribution is 5.92. The molecule has 0 spiro atoms. The number of H-pyrrole nitrogens is 1. The summed E-state index contributed by atoms with van der Waals surface area (Å²) in [6.45, 7) is 2.04. The zero-order valence-corrected chi connectivity index (χ0v) is 12.3. The van der Waals surface area contributed by atoms with E-state index in [9.17, 15) is 4.79 Å². The molecule has 1 heterocycles. The lowest BCUT2D eigenvalue weighted by molar-refractivity contribution is 0.0933. The van der Waals surface area contributed by atoms with Gasteiger partial charge in [0.2, 0.25) is 0 Å². The van der Waals surface area contributed by atoms with E-state index < -0.39 is 0 Å². The van der Waals surface area contributed by atoms with Gasteiger partial charge in [0.15, 0.2) is 0 Å². The highest BCUT2D eigenvalue weighted by atomic mass is 16.2. The van der Waals surface area contributed by atoms with Gasteiger partial charge in [0.05, 0.1) is 0 Å². The molecule has 2 N–H and O–H groups in total. The molecule has 1 atom stereocenters.